The monoisotopic (exact) mass is 214 g/mol. The molecule has 0 heterocycles. The van der Waals surface area contributed by atoms with Crippen LogP contribution in [0.4, 0.5) is 0 Å². The summed E-state index contributed by atoms with van der Waals surface area (Å²) in [4.78, 5) is 13.3. The Morgan fingerprint density at radius 1 is 1.47 bits per heavy atom. The summed E-state index contributed by atoms with van der Waals surface area (Å²) in [5.41, 5.74) is 0. The van der Waals surface area contributed by atoms with E-state index in [1.165, 1.54) is 25.7 Å². The van der Waals surface area contributed by atoms with Gasteiger partial charge in [-0.3, -0.25) is 4.79 Å². The average Bonchev–Trinajstić information content (AvgIpc) is 2.75. The first-order valence-corrected chi connectivity index (χ1v) is 5.70. The predicted molar refractivity (Wildman–Crippen MR) is 59.8 cm³/mol. The zero-order chi connectivity index (χ0) is 11.1. The molecular weight excluding hydrogens is 192 g/mol. The summed E-state index contributed by atoms with van der Waals surface area (Å²) in [5, 5.41) is 3.31. The average molecular weight is 214 g/mol. The van der Waals surface area contributed by atoms with Crippen LogP contribution >= 0.6 is 0 Å². The van der Waals surface area contributed by atoms with Crippen molar-refractivity contribution in [2.75, 3.05) is 33.9 Å². The second kappa shape index (κ2) is 6.80. The van der Waals surface area contributed by atoms with Crippen molar-refractivity contribution < 1.29 is 9.53 Å². The van der Waals surface area contributed by atoms with Gasteiger partial charge in [0.15, 0.2) is 0 Å². The van der Waals surface area contributed by atoms with Gasteiger partial charge in [0.1, 0.15) is 0 Å². The van der Waals surface area contributed by atoms with Crippen LogP contribution in [0, 0.1) is 0 Å². The number of nitrogens with one attached hydrogen (secondary N) is 1. The van der Waals surface area contributed by atoms with Crippen molar-refractivity contribution in [2.24, 2.45) is 0 Å². The fraction of sp³-hybridized carbons (Fsp3) is 0.909. The molecule has 0 atom stereocenters. The van der Waals surface area contributed by atoms with Crippen LogP contribution in [0.5, 0.6) is 0 Å². The lowest BCUT2D eigenvalue weighted by atomic mass is 10.2. The molecule has 0 radical (unpaired) electrons. The van der Waals surface area contributed by atoms with Gasteiger partial charge in [0.05, 0.1) is 13.2 Å². The maximum atomic E-state index is 11.6. The third kappa shape index (κ3) is 4.62. The van der Waals surface area contributed by atoms with Crippen molar-refractivity contribution in [2.45, 2.75) is 31.7 Å². The molecule has 1 aliphatic rings. The Kier molecular flexibility index (Phi) is 5.65. The van der Waals surface area contributed by atoms with E-state index in [9.17, 15) is 4.79 Å². The Hall–Kier alpha value is -0.610. The minimum absolute atomic E-state index is 0.152. The van der Waals surface area contributed by atoms with Crippen LogP contribution < -0.4 is 5.32 Å². The molecule has 1 aliphatic carbocycles. The molecule has 1 fully saturated rings. The molecule has 1 amide bonds. The van der Waals surface area contributed by atoms with Gasteiger partial charge >= 0.3 is 0 Å². The Morgan fingerprint density at radius 2 is 2.13 bits per heavy atom. The number of carbonyl (C=O) groups is 1. The molecule has 0 aromatic carbocycles. The van der Waals surface area contributed by atoms with E-state index in [0.717, 1.165) is 0 Å². The van der Waals surface area contributed by atoms with Crippen LogP contribution in [0.15, 0.2) is 0 Å². The van der Waals surface area contributed by atoms with Gasteiger partial charge in [0.25, 0.3) is 0 Å². The fourth-order valence-corrected chi connectivity index (χ4v) is 1.85. The normalized spacial score (nSPS) is 16.9. The molecule has 4 nitrogen and oxygen atoms in total. The van der Waals surface area contributed by atoms with Crippen LogP contribution in [-0.2, 0) is 9.53 Å². The molecule has 4 heteroatoms. The van der Waals surface area contributed by atoms with E-state index < -0.39 is 0 Å². The summed E-state index contributed by atoms with van der Waals surface area (Å²) in [6.45, 7) is 1.73. The van der Waals surface area contributed by atoms with Crippen LogP contribution in [0.2, 0.25) is 0 Å². The Morgan fingerprint density at radius 3 is 2.73 bits per heavy atom. The number of likely N-dealkylation sites (N-methyl/N-ethyl adjacent to an activating group) is 1. The Balaban J connectivity index is 2.11. The number of hydrogen-bond donors (Lipinski definition) is 1. The lowest BCUT2D eigenvalue weighted by Crippen LogP contribution is -2.40. The quantitative estimate of drug-likeness (QED) is 0.705. The van der Waals surface area contributed by atoms with Gasteiger partial charge in [0.2, 0.25) is 5.91 Å². The molecule has 1 saturated carbocycles. The predicted octanol–water partition coefficient (Wildman–Crippen LogP) is 0.623. The van der Waals surface area contributed by atoms with Gasteiger partial charge in [-0.2, -0.15) is 0 Å². The molecule has 0 spiro atoms. The van der Waals surface area contributed by atoms with Crippen LogP contribution in [-0.4, -0.2) is 50.7 Å². The zero-order valence-corrected chi connectivity index (χ0v) is 9.79. The molecule has 0 unspecified atom stereocenters. The molecule has 0 saturated heterocycles. The van der Waals surface area contributed by atoms with E-state index in [1.807, 2.05) is 7.05 Å². The van der Waals surface area contributed by atoms with Gasteiger partial charge < -0.3 is 15.0 Å². The number of nitrogens with zero attached hydrogens (tertiary/aromatic N) is 1. The highest BCUT2D eigenvalue weighted by molar-refractivity contribution is 5.77. The number of ether oxygens (including phenoxy) is 1. The van der Waals surface area contributed by atoms with Gasteiger partial charge in [-0.05, 0) is 12.8 Å². The molecule has 0 aromatic heterocycles. The minimum atomic E-state index is 0.152. The van der Waals surface area contributed by atoms with Crippen LogP contribution in [0.3, 0.4) is 0 Å². The van der Waals surface area contributed by atoms with Crippen molar-refractivity contribution in [3.8, 4) is 0 Å². The third-order valence-electron chi connectivity index (χ3n) is 2.95. The number of rotatable bonds is 6. The van der Waals surface area contributed by atoms with Gasteiger partial charge in [-0.25, -0.2) is 0 Å². The van der Waals surface area contributed by atoms with Gasteiger partial charge in [0, 0.05) is 26.7 Å². The van der Waals surface area contributed by atoms with Gasteiger partial charge in [-0.15, -0.1) is 0 Å². The molecule has 1 N–H and O–H groups in total. The molecular formula is C11H22N2O2. The van der Waals surface area contributed by atoms with Crippen molar-refractivity contribution in [3.05, 3.63) is 0 Å². The summed E-state index contributed by atoms with van der Waals surface area (Å²) in [6.07, 6.45) is 5.03. The highest BCUT2D eigenvalue weighted by Gasteiger charge is 2.16. The Labute approximate surface area is 92.0 Å². The van der Waals surface area contributed by atoms with E-state index in [-0.39, 0.29) is 5.91 Å². The van der Waals surface area contributed by atoms with E-state index >= 15 is 0 Å². The lowest BCUT2D eigenvalue weighted by molar-refractivity contribution is -0.129. The van der Waals surface area contributed by atoms with E-state index in [0.29, 0.717) is 25.7 Å². The molecule has 1 rings (SSSR count). The van der Waals surface area contributed by atoms with E-state index in [1.54, 1.807) is 12.0 Å². The summed E-state index contributed by atoms with van der Waals surface area (Å²) >= 11 is 0. The second-order valence-corrected chi connectivity index (χ2v) is 4.17. The SMILES string of the molecule is COCCN(C)C(=O)CNC1CCCC1. The summed E-state index contributed by atoms with van der Waals surface area (Å²) < 4.78 is 4.93. The van der Waals surface area contributed by atoms with Crippen LogP contribution in [0.25, 0.3) is 0 Å². The molecule has 0 aliphatic heterocycles. The maximum Gasteiger partial charge on any atom is 0.236 e. The minimum Gasteiger partial charge on any atom is -0.383 e. The summed E-state index contributed by atoms with van der Waals surface area (Å²) in [7, 11) is 3.47. The van der Waals surface area contributed by atoms with Crippen molar-refractivity contribution in [3.63, 3.8) is 0 Å². The molecule has 88 valence electrons. The largest absolute Gasteiger partial charge is 0.383 e. The van der Waals surface area contributed by atoms with Crippen molar-refractivity contribution >= 4 is 5.91 Å². The first kappa shape index (κ1) is 12.5. The van der Waals surface area contributed by atoms with Crippen molar-refractivity contribution in [1.82, 2.24) is 10.2 Å². The number of amides is 1. The highest BCUT2D eigenvalue weighted by atomic mass is 16.5. The Bertz CT molecular complexity index is 191. The standard InChI is InChI=1S/C11H22N2O2/c1-13(7-8-15-2)11(14)9-12-10-5-3-4-6-10/h10,12H,3-9H2,1-2H3. The molecule has 15 heavy (non-hydrogen) atoms. The van der Waals surface area contributed by atoms with Crippen LogP contribution in [0.1, 0.15) is 25.7 Å². The zero-order valence-electron chi connectivity index (χ0n) is 9.79. The highest BCUT2D eigenvalue weighted by Crippen LogP contribution is 2.17. The lowest BCUT2D eigenvalue weighted by Gasteiger charge is -2.18. The first-order valence-electron chi connectivity index (χ1n) is 5.70. The second-order valence-electron chi connectivity index (χ2n) is 4.17. The number of carbonyl (C=O) groups excluding carboxylic acids is 1. The smallest absolute Gasteiger partial charge is 0.236 e. The number of hydrogen-bond acceptors (Lipinski definition) is 3. The number of methoxy groups -OCH3 is 1. The fourth-order valence-electron chi connectivity index (χ4n) is 1.85. The van der Waals surface area contributed by atoms with E-state index in [2.05, 4.69) is 5.32 Å². The topological polar surface area (TPSA) is 41.6 Å². The maximum absolute atomic E-state index is 11.6. The van der Waals surface area contributed by atoms with Crippen molar-refractivity contribution in [1.29, 1.82) is 0 Å². The summed E-state index contributed by atoms with van der Waals surface area (Å²) in [5.74, 6) is 0.152. The first-order chi connectivity index (χ1) is 7.24. The summed E-state index contributed by atoms with van der Waals surface area (Å²) in [6, 6.07) is 0.560. The molecule has 0 bridgehead atoms. The van der Waals surface area contributed by atoms with E-state index in [4.69, 9.17) is 4.74 Å². The van der Waals surface area contributed by atoms with Gasteiger partial charge in [-0.1, -0.05) is 12.8 Å². The molecule has 0 aromatic rings. The third-order valence-corrected chi connectivity index (χ3v) is 2.95.